The number of amides is 3. The minimum absolute atomic E-state index is 0.0906. The molecule has 2 N–H and O–H groups in total. The topological polar surface area (TPSA) is 146 Å². The Bertz CT molecular complexity index is 748. The summed E-state index contributed by atoms with van der Waals surface area (Å²) in [6.45, 7) is 5.24. The van der Waals surface area contributed by atoms with E-state index < -0.39 is 40.7 Å². The Morgan fingerprint density at radius 1 is 1.21 bits per heavy atom. The molecule has 1 rings (SSSR count). The Labute approximate surface area is 161 Å². The van der Waals surface area contributed by atoms with Crippen molar-refractivity contribution >= 4 is 23.6 Å². The number of nitrogens with zero attached hydrogens (tertiary/aromatic N) is 1. The summed E-state index contributed by atoms with van der Waals surface area (Å²) in [5.74, 6) is -1.63. The number of nitro benzene ring substituents is 1. The molecule has 0 aliphatic heterocycles. The van der Waals surface area contributed by atoms with Crippen LogP contribution in [-0.4, -0.2) is 49.7 Å². The number of urea groups is 1. The van der Waals surface area contributed by atoms with Crippen LogP contribution in [0.25, 0.3) is 0 Å². The predicted octanol–water partition coefficient (Wildman–Crippen LogP) is 1.64. The van der Waals surface area contributed by atoms with Gasteiger partial charge < -0.3 is 19.5 Å². The van der Waals surface area contributed by atoms with E-state index in [1.807, 2.05) is 19.2 Å². The van der Waals surface area contributed by atoms with Gasteiger partial charge in [-0.1, -0.05) is 13.8 Å². The van der Waals surface area contributed by atoms with Gasteiger partial charge in [0.25, 0.3) is 11.6 Å². The van der Waals surface area contributed by atoms with E-state index >= 15 is 0 Å². The van der Waals surface area contributed by atoms with Crippen LogP contribution in [0, 0.1) is 16.0 Å². The lowest BCUT2D eigenvalue weighted by atomic mass is 10.1. The Kier molecular flexibility index (Phi) is 8.66. The number of hydrogen-bond donors (Lipinski definition) is 2. The van der Waals surface area contributed by atoms with Gasteiger partial charge in [-0.25, -0.2) is 9.59 Å². The van der Waals surface area contributed by atoms with Crippen molar-refractivity contribution in [3.8, 4) is 11.5 Å². The summed E-state index contributed by atoms with van der Waals surface area (Å²) in [4.78, 5) is 45.9. The molecule has 0 heterocycles. The largest absolute Gasteiger partial charge is 0.493 e. The number of methoxy groups -OCH3 is 1. The molecule has 1 aromatic rings. The van der Waals surface area contributed by atoms with E-state index in [0.717, 1.165) is 12.1 Å². The smallest absolute Gasteiger partial charge is 0.345 e. The zero-order valence-corrected chi connectivity index (χ0v) is 16.1. The monoisotopic (exact) mass is 397 g/mol. The third-order valence-electron chi connectivity index (χ3n) is 3.26. The molecule has 11 heteroatoms. The zero-order chi connectivity index (χ0) is 21.3. The summed E-state index contributed by atoms with van der Waals surface area (Å²) in [5, 5.41) is 15.7. The molecular formula is C17H23N3O8. The van der Waals surface area contributed by atoms with Crippen molar-refractivity contribution in [2.45, 2.75) is 20.8 Å². The molecule has 1 aromatic carbocycles. The van der Waals surface area contributed by atoms with Crippen LogP contribution < -0.4 is 20.1 Å². The molecule has 0 unspecified atom stereocenters. The predicted molar refractivity (Wildman–Crippen MR) is 97.5 cm³/mol. The fourth-order valence-electron chi connectivity index (χ4n) is 2.00. The van der Waals surface area contributed by atoms with Crippen LogP contribution in [0.3, 0.4) is 0 Å². The molecule has 0 aromatic heterocycles. The molecule has 0 spiro atoms. The average molecular weight is 397 g/mol. The lowest BCUT2D eigenvalue weighted by Gasteiger charge is -2.12. The number of nitro groups is 1. The number of carbonyl (C=O) groups is 3. The van der Waals surface area contributed by atoms with Gasteiger partial charge in [-0.05, 0) is 12.8 Å². The summed E-state index contributed by atoms with van der Waals surface area (Å²) >= 11 is 0. The van der Waals surface area contributed by atoms with Gasteiger partial charge in [0, 0.05) is 12.6 Å². The molecule has 154 valence electrons. The quantitative estimate of drug-likeness (QED) is 0.363. The van der Waals surface area contributed by atoms with Crippen molar-refractivity contribution in [2.24, 2.45) is 5.92 Å². The number of ether oxygens (including phenoxy) is 3. The van der Waals surface area contributed by atoms with Gasteiger partial charge in [0.15, 0.2) is 18.1 Å². The van der Waals surface area contributed by atoms with Crippen LogP contribution >= 0.6 is 0 Å². The fraction of sp³-hybridized carbons (Fsp3) is 0.471. The van der Waals surface area contributed by atoms with Crippen molar-refractivity contribution in [3.63, 3.8) is 0 Å². The number of carbonyl (C=O) groups excluding carboxylic acids is 3. The van der Waals surface area contributed by atoms with Crippen LogP contribution in [0.1, 0.15) is 31.1 Å². The van der Waals surface area contributed by atoms with E-state index in [9.17, 15) is 24.5 Å². The Morgan fingerprint density at radius 3 is 2.43 bits per heavy atom. The third kappa shape index (κ3) is 6.74. The first-order valence-corrected chi connectivity index (χ1v) is 8.43. The number of rotatable bonds is 9. The van der Waals surface area contributed by atoms with Gasteiger partial charge in [0.1, 0.15) is 5.56 Å². The molecule has 0 aliphatic carbocycles. The van der Waals surface area contributed by atoms with E-state index in [4.69, 9.17) is 14.2 Å². The molecule has 0 atom stereocenters. The maximum Gasteiger partial charge on any atom is 0.345 e. The molecule has 0 fully saturated rings. The minimum Gasteiger partial charge on any atom is -0.493 e. The van der Waals surface area contributed by atoms with Crippen molar-refractivity contribution in [1.82, 2.24) is 10.6 Å². The minimum atomic E-state index is -1.12. The number of benzene rings is 1. The first kappa shape index (κ1) is 22.7. The fourth-order valence-corrected chi connectivity index (χ4v) is 2.00. The Morgan fingerprint density at radius 2 is 1.89 bits per heavy atom. The molecule has 11 nitrogen and oxygen atoms in total. The molecular weight excluding hydrogens is 374 g/mol. The van der Waals surface area contributed by atoms with Crippen molar-refractivity contribution in [2.75, 3.05) is 26.9 Å². The van der Waals surface area contributed by atoms with Gasteiger partial charge in [0.05, 0.1) is 24.7 Å². The number of esters is 1. The van der Waals surface area contributed by atoms with Crippen molar-refractivity contribution in [3.05, 3.63) is 27.8 Å². The van der Waals surface area contributed by atoms with Gasteiger partial charge >= 0.3 is 12.0 Å². The Balaban J connectivity index is 2.84. The number of hydrogen-bond acceptors (Lipinski definition) is 8. The summed E-state index contributed by atoms with van der Waals surface area (Å²) in [6, 6.07) is 1.40. The first-order chi connectivity index (χ1) is 13.2. The van der Waals surface area contributed by atoms with Gasteiger partial charge in [0.2, 0.25) is 0 Å². The highest BCUT2D eigenvalue weighted by molar-refractivity contribution is 5.98. The van der Waals surface area contributed by atoms with Crippen LogP contribution in [0.15, 0.2) is 12.1 Å². The summed E-state index contributed by atoms with van der Waals surface area (Å²) in [7, 11) is 1.31. The second-order valence-electron chi connectivity index (χ2n) is 5.94. The standard InChI is InChI=1S/C17H23N3O8/c1-5-27-14-7-12(20(24)25)11(6-13(14)26-4)16(22)28-9-15(21)19-17(23)18-8-10(2)3/h6-7,10H,5,8-9H2,1-4H3,(H2,18,19,21,23). The van der Waals surface area contributed by atoms with Crippen LogP contribution in [0.2, 0.25) is 0 Å². The van der Waals surface area contributed by atoms with Gasteiger partial charge in [-0.2, -0.15) is 0 Å². The molecule has 0 saturated carbocycles. The highest BCUT2D eigenvalue weighted by Crippen LogP contribution is 2.35. The van der Waals surface area contributed by atoms with Crippen LogP contribution in [0.4, 0.5) is 10.5 Å². The summed E-state index contributed by atoms with van der Waals surface area (Å²) < 4.78 is 15.1. The summed E-state index contributed by atoms with van der Waals surface area (Å²) in [6.07, 6.45) is 0. The van der Waals surface area contributed by atoms with Crippen LogP contribution in [0.5, 0.6) is 11.5 Å². The lowest BCUT2D eigenvalue weighted by Crippen LogP contribution is -2.42. The maximum absolute atomic E-state index is 12.2. The van der Waals surface area contributed by atoms with Gasteiger partial charge in [-0.15, -0.1) is 0 Å². The SMILES string of the molecule is CCOc1cc([N+](=O)[O-])c(C(=O)OCC(=O)NC(=O)NCC(C)C)cc1OC. The van der Waals surface area contributed by atoms with Crippen LogP contribution in [-0.2, 0) is 9.53 Å². The van der Waals surface area contributed by atoms with Crippen molar-refractivity contribution in [1.29, 1.82) is 0 Å². The summed E-state index contributed by atoms with van der Waals surface area (Å²) in [5.41, 5.74) is -0.980. The average Bonchev–Trinajstić information content (AvgIpc) is 2.64. The Hall–Kier alpha value is -3.37. The molecule has 0 aliphatic rings. The normalized spacial score (nSPS) is 10.2. The van der Waals surface area contributed by atoms with E-state index in [1.54, 1.807) is 6.92 Å². The lowest BCUT2D eigenvalue weighted by molar-refractivity contribution is -0.385. The molecule has 0 saturated heterocycles. The van der Waals surface area contributed by atoms with Crippen molar-refractivity contribution < 1.29 is 33.5 Å². The second kappa shape index (κ2) is 10.7. The van der Waals surface area contributed by atoms with E-state index in [1.165, 1.54) is 7.11 Å². The van der Waals surface area contributed by atoms with E-state index in [0.29, 0.717) is 6.54 Å². The zero-order valence-electron chi connectivity index (χ0n) is 16.1. The maximum atomic E-state index is 12.2. The first-order valence-electron chi connectivity index (χ1n) is 8.43. The number of nitrogens with one attached hydrogen (secondary N) is 2. The highest BCUT2D eigenvalue weighted by atomic mass is 16.6. The molecule has 28 heavy (non-hydrogen) atoms. The van der Waals surface area contributed by atoms with E-state index in [-0.39, 0.29) is 24.0 Å². The molecule has 0 radical (unpaired) electrons. The third-order valence-corrected chi connectivity index (χ3v) is 3.26. The number of imide groups is 1. The van der Waals surface area contributed by atoms with E-state index in [2.05, 4.69) is 5.32 Å². The highest BCUT2D eigenvalue weighted by Gasteiger charge is 2.26. The second-order valence-corrected chi connectivity index (χ2v) is 5.94. The molecule has 0 bridgehead atoms. The van der Waals surface area contributed by atoms with Gasteiger partial charge in [-0.3, -0.25) is 20.2 Å². The molecule has 3 amide bonds.